The van der Waals surface area contributed by atoms with Gasteiger partial charge in [0.2, 0.25) is 0 Å². The third kappa shape index (κ3) is 4.53. The zero-order valence-electron chi connectivity index (χ0n) is 18.9. The van der Waals surface area contributed by atoms with Crippen LogP contribution in [0.3, 0.4) is 0 Å². The molecule has 0 spiro atoms. The lowest BCUT2D eigenvalue weighted by molar-refractivity contribution is -0.134. The third-order valence-corrected chi connectivity index (χ3v) is 6.81. The maximum Gasteiger partial charge on any atom is 0.406 e. The SMILES string of the molecule is COc1cc(-c2cn([C@@H]3CCc4sccc4N(CC(F)(F)F)C3=O)nn2)ccc1-n1cnc(C)c1. The van der Waals surface area contributed by atoms with Crippen LogP contribution in [0.4, 0.5) is 18.9 Å². The van der Waals surface area contributed by atoms with Gasteiger partial charge in [-0.3, -0.25) is 4.79 Å². The second-order valence-electron chi connectivity index (χ2n) is 8.22. The van der Waals surface area contributed by atoms with Gasteiger partial charge in [0.05, 0.1) is 36.7 Å². The molecule has 1 amide bonds. The van der Waals surface area contributed by atoms with E-state index >= 15 is 0 Å². The summed E-state index contributed by atoms with van der Waals surface area (Å²) in [5.41, 5.74) is 3.14. The number of hydrogen-bond acceptors (Lipinski definition) is 6. The highest BCUT2D eigenvalue weighted by Crippen LogP contribution is 2.37. The monoisotopic (exact) mass is 502 g/mol. The van der Waals surface area contributed by atoms with E-state index in [-0.39, 0.29) is 0 Å². The molecule has 0 bridgehead atoms. The fourth-order valence-corrected chi connectivity index (χ4v) is 5.10. The number of fused-ring (bicyclic) bond motifs is 1. The molecule has 12 heteroatoms. The van der Waals surface area contributed by atoms with E-state index in [1.54, 1.807) is 37.1 Å². The Hall–Kier alpha value is -3.67. The topological polar surface area (TPSA) is 78.1 Å². The Bertz CT molecular complexity index is 1380. The fourth-order valence-electron chi connectivity index (χ4n) is 4.20. The van der Waals surface area contributed by atoms with E-state index in [2.05, 4.69) is 15.3 Å². The number of alkyl halides is 3. The van der Waals surface area contributed by atoms with Gasteiger partial charge in [-0.05, 0) is 43.3 Å². The molecule has 0 saturated carbocycles. The molecule has 0 unspecified atom stereocenters. The third-order valence-electron chi connectivity index (χ3n) is 5.84. The van der Waals surface area contributed by atoms with Gasteiger partial charge in [0.25, 0.3) is 5.91 Å². The molecule has 0 aliphatic carbocycles. The first-order valence-electron chi connectivity index (χ1n) is 10.8. The lowest BCUT2D eigenvalue weighted by Crippen LogP contribution is -2.42. The summed E-state index contributed by atoms with van der Waals surface area (Å²) < 4.78 is 48.6. The molecule has 0 saturated heterocycles. The highest BCUT2D eigenvalue weighted by Gasteiger charge is 2.40. The van der Waals surface area contributed by atoms with E-state index in [1.165, 1.54) is 16.0 Å². The maximum atomic E-state index is 13.3. The molecule has 4 aromatic rings. The predicted molar refractivity (Wildman–Crippen MR) is 124 cm³/mol. The van der Waals surface area contributed by atoms with Crippen LogP contribution >= 0.6 is 11.3 Å². The smallest absolute Gasteiger partial charge is 0.406 e. The summed E-state index contributed by atoms with van der Waals surface area (Å²) in [6.45, 7) is 0.541. The van der Waals surface area contributed by atoms with Crippen molar-refractivity contribution in [3.8, 4) is 22.7 Å². The van der Waals surface area contributed by atoms with Crippen molar-refractivity contribution in [2.45, 2.75) is 32.0 Å². The molecular weight excluding hydrogens is 481 g/mol. The molecule has 5 rings (SSSR count). The summed E-state index contributed by atoms with van der Waals surface area (Å²) >= 11 is 1.35. The van der Waals surface area contributed by atoms with E-state index < -0.39 is 24.7 Å². The number of nitrogens with zero attached hydrogens (tertiary/aromatic N) is 6. The van der Waals surface area contributed by atoms with Crippen molar-refractivity contribution in [2.75, 3.05) is 18.6 Å². The van der Waals surface area contributed by atoms with Crippen molar-refractivity contribution in [1.82, 2.24) is 24.5 Å². The first-order chi connectivity index (χ1) is 16.7. The standard InChI is InChI=1S/C23H21F3N6O2S/c1-14-10-30(13-27-14)17-4-3-15(9-20(17)34-2)16-11-32(29-28-16)19-5-6-21-18(7-8-35-21)31(22(19)33)12-23(24,25)26/h3-4,7-11,13,19H,5-6,12H2,1-2H3/t19-/m1/s1. The number of anilines is 1. The van der Waals surface area contributed by atoms with E-state index in [0.717, 1.165) is 21.2 Å². The Morgan fingerprint density at radius 1 is 1.20 bits per heavy atom. The summed E-state index contributed by atoms with van der Waals surface area (Å²) in [7, 11) is 1.56. The summed E-state index contributed by atoms with van der Waals surface area (Å²) in [6, 6.07) is 6.15. The summed E-state index contributed by atoms with van der Waals surface area (Å²) in [6.07, 6.45) is 1.42. The normalized spacial score (nSPS) is 16.3. The van der Waals surface area contributed by atoms with Crippen LogP contribution in [0.15, 0.2) is 48.4 Å². The number of carbonyl (C=O) groups is 1. The van der Waals surface area contributed by atoms with Gasteiger partial charge >= 0.3 is 6.18 Å². The minimum Gasteiger partial charge on any atom is -0.495 e. The van der Waals surface area contributed by atoms with Gasteiger partial charge in [-0.25, -0.2) is 9.67 Å². The van der Waals surface area contributed by atoms with Gasteiger partial charge in [0.15, 0.2) is 0 Å². The average molecular weight is 503 g/mol. The zero-order chi connectivity index (χ0) is 24.7. The molecule has 8 nitrogen and oxygen atoms in total. The average Bonchev–Trinajstić information content (AvgIpc) is 3.56. The Balaban J connectivity index is 1.45. The van der Waals surface area contributed by atoms with Crippen LogP contribution in [0, 0.1) is 6.92 Å². The Labute approximate surface area is 202 Å². The largest absolute Gasteiger partial charge is 0.495 e. The number of benzene rings is 1. The molecule has 35 heavy (non-hydrogen) atoms. The number of hydrogen-bond donors (Lipinski definition) is 0. The zero-order valence-corrected chi connectivity index (χ0v) is 19.7. The maximum absolute atomic E-state index is 13.3. The number of amides is 1. The summed E-state index contributed by atoms with van der Waals surface area (Å²) in [4.78, 5) is 19.0. The molecule has 1 aliphatic heterocycles. The first kappa shape index (κ1) is 23.1. The van der Waals surface area contributed by atoms with E-state index in [1.807, 2.05) is 29.8 Å². The summed E-state index contributed by atoms with van der Waals surface area (Å²) in [5, 5.41) is 10.0. The quantitative estimate of drug-likeness (QED) is 0.399. The molecule has 1 atom stereocenters. The van der Waals surface area contributed by atoms with Crippen LogP contribution in [0.2, 0.25) is 0 Å². The molecule has 1 aliphatic rings. The van der Waals surface area contributed by atoms with E-state index in [0.29, 0.717) is 35.5 Å². The first-order valence-corrected chi connectivity index (χ1v) is 11.7. The van der Waals surface area contributed by atoms with Gasteiger partial charge < -0.3 is 14.2 Å². The lowest BCUT2D eigenvalue weighted by atomic mass is 10.1. The minimum absolute atomic E-state index is 0.315. The van der Waals surface area contributed by atoms with Crippen LogP contribution < -0.4 is 9.64 Å². The number of thiophene rings is 1. The highest BCUT2D eigenvalue weighted by molar-refractivity contribution is 7.10. The van der Waals surface area contributed by atoms with Gasteiger partial charge in [-0.15, -0.1) is 16.4 Å². The van der Waals surface area contributed by atoms with Gasteiger partial charge in [0, 0.05) is 16.6 Å². The highest BCUT2D eigenvalue weighted by atomic mass is 32.1. The lowest BCUT2D eigenvalue weighted by Gasteiger charge is -2.25. The fraction of sp³-hybridized carbons (Fsp3) is 0.304. The number of aryl methyl sites for hydroxylation is 2. The minimum atomic E-state index is -4.52. The van der Waals surface area contributed by atoms with Crippen LogP contribution in [0.25, 0.3) is 16.9 Å². The second kappa shape index (κ2) is 8.84. The van der Waals surface area contributed by atoms with E-state index in [4.69, 9.17) is 4.74 Å². The van der Waals surface area contributed by atoms with Crippen molar-refractivity contribution >= 4 is 22.9 Å². The second-order valence-corrected chi connectivity index (χ2v) is 9.22. The van der Waals surface area contributed by atoms with Gasteiger partial charge in [0.1, 0.15) is 24.0 Å². The van der Waals surface area contributed by atoms with Crippen molar-refractivity contribution in [2.24, 2.45) is 0 Å². The van der Waals surface area contributed by atoms with Crippen molar-refractivity contribution < 1.29 is 22.7 Å². The molecule has 3 aromatic heterocycles. The van der Waals surface area contributed by atoms with Gasteiger partial charge in [-0.1, -0.05) is 11.3 Å². The van der Waals surface area contributed by atoms with Crippen molar-refractivity contribution in [1.29, 1.82) is 0 Å². The number of carbonyl (C=O) groups excluding carboxylic acids is 1. The predicted octanol–water partition coefficient (Wildman–Crippen LogP) is 4.59. The van der Waals surface area contributed by atoms with Crippen LogP contribution in [0.1, 0.15) is 23.0 Å². The Morgan fingerprint density at radius 2 is 2.03 bits per heavy atom. The molecule has 0 fully saturated rings. The van der Waals surface area contributed by atoms with Crippen LogP contribution in [-0.4, -0.2) is 50.3 Å². The molecular formula is C23H21F3N6O2S. The number of rotatable bonds is 5. The Kier molecular flexibility index (Phi) is 5.83. The molecule has 182 valence electrons. The number of ether oxygens (including phenoxy) is 1. The number of methoxy groups -OCH3 is 1. The summed E-state index contributed by atoms with van der Waals surface area (Å²) in [5.74, 6) is -0.0693. The number of halogens is 3. The molecule has 4 heterocycles. The molecule has 0 radical (unpaired) electrons. The molecule has 1 aromatic carbocycles. The van der Waals surface area contributed by atoms with Gasteiger partial charge in [-0.2, -0.15) is 13.2 Å². The van der Waals surface area contributed by atoms with E-state index in [9.17, 15) is 18.0 Å². The van der Waals surface area contributed by atoms with Crippen molar-refractivity contribution in [3.63, 3.8) is 0 Å². The van der Waals surface area contributed by atoms with Crippen molar-refractivity contribution in [3.05, 3.63) is 58.9 Å². The van der Waals surface area contributed by atoms with Crippen LogP contribution in [0.5, 0.6) is 5.75 Å². The number of aromatic nitrogens is 5. The van der Waals surface area contributed by atoms with Crippen LogP contribution in [-0.2, 0) is 11.2 Å². The Morgan fingerprint density at radius 3 is 2.74 bits per heavy atom. The molecule has 0 N–H and O–H groups in total. The number of imidazole rings is 1.